The second-order valence-electron chi connectivity index (χ2n) is 7.07. The summed E-state index contributed by atoms with van der Waals surface area (Å²) < 4.78 is 1.86. The van der Waals surface area contributed by atoms with E-state index in [-0.39, 0.29) is 29.7 Å². The zero-order valence-corrected chi connectivity index (χ0v) is 16.6. The molecule has 0 aliphatic heterocycles. The molecule has 0 saturated heterocycles. The molecule has 7 nitrogen and oxygen atoms in total. The highest BCUT2D eigenvalue weighted by atomic mass is 32.2. The van der Waals surface area contributed by atoms with Crippen LogP contribution in [0.25, 0.3) is 11.4 Å². The maximum Gasteiger partial charge on any atom is 0.240 e. The fourth-order valence-corrected chi connectivity index (χ4v) is 3.13. The number of hydrogen-bond acceptors (Lipinski definition) is 5. The molecule has 8 heteroatoms. The molecule has 0 fully saturated rings. The molecule has 0 aliphatic rings. The lowest BCUT2D eigenvalue weighted by molar-refractivity contribution is -0.133. The van der Waals surface area contributed by atoms with Crippen LogP contribution in [0.2, 0.25) is 0 Å². The highest BCUT2D eigenvalue weighted by molar-refractivity contribution is 7.99. The molecule has 2 rings (SSSR count). The van der Waals surface area contributed by atoms with E-state index in [1.165, 1.54) is 16.7 Å². The summed E-state index contributed by atoms with van der Waals surface area (Å²) in [5.74, 6) is 0.630. The van der Waals surface area contributed by atoms with Crippen molar-refractivity contribution in [2.24, 2.45) is 7.05 Å². The molecule has 0 spiro atoms. The summed E-state index contributed by atoms with van der Waals surface area (Å²) in [5, 5.41) is 11.9. The Balaban J connectivity index is 1.91. The van der Waals surface area contributed by atoms with Crippen LogP contribution in [0, 0.1) is 0 Å². The van der Waals surface area contributed by atoms with Gasteiger partial charge >= 0.3 is 0 Å². The maximum absolute atomic E-state index is 12.3. The number of carbonyl (C=O) groups excluding carboxylic acids is 2. The van der Waals surface area contributed by atoms with E-state index in [1.807, 2.05) is 62.7 Å². The van der Waals surface area contributed by atoms with Crippen molar-refractivity contribution in [1.82, 2.24) is 25.0 Å². The zero-order chi connectivity index (χ0) is 19.3. The second kappa shape index (κ2) is 8.35. The smallest absolute Gasteiger partial charge is 0.240 e. The van der Waals surface area contributed by atoms with Crippen molar-refractivity contribution in [2.45, 2.75) is 31.5 Å². The highest BCUT2D eigenvalue weighted by Gasteiger charge is 2.19. The molecular weight excluding hydrogens is 350 g/mol. The van der Waals surface area contributed by atoms with Gasteiger partial charge in [0.25, 0.3) is 0 Å². The van der Waals surface area contributed by atoms with Crippen LogP contribution in [0.15, 0.2) is 35.5 Å². The predicted octanol–water partition coefficient (Wildman–Crippen LogP) is 1.95. The minimum Gasteiger partial charge on any atom is -0.350 e. The summed E-state index contributed by atoms with van der Waals surface area (Å²) in [5.41, 5.74) is 0.652. The Labute approximate surface area is 158 Å². The fourth-order valence-electron chi connectivity index (χ4n) is 2.28. The van der Waals surface area contributed by atoms with Gasteiger partial charge in [-0.1, -0.05) is 42.1 Å². The van der Waals surface area contributed by atoms with E-state index in [2.05, 4.69) is 15.5 Å². The topological polar surface area (TPSA) is 80.1 Å². The lowest BCUT2D eigenvalue weighted by Crippen LogP contribution is -2.46. The number of hydrogen-bond donors (Lipinski definition) is 1. The van der Waals surface area contributed by atoms with E-state index < -0.39 is 0 Å². The van der Waals surface area contributed by atoms with Crippen LogP contribution in [0.5, 0.6) is 0 Å². The minimum atomic E-state index is -0.317. The van der Waals surface area contributed by atoms with Crippen LogP contribution in [0.3, 0.4) is 0 Å². The van der Waals surface area contributed by atoms with Crippen LogP contribution in [-0.4, -0.2) is 56.4 Å². The van der Waals surface area contributed by atoms with Gasteiger partial charge in [-0.25, -0.2) is 0 Å². The Kier molecular flexibility index (Phi) is 6.42. The van der Waals surface area contributed by atoms with Gasteiger partial charge < -0.3 is 14.8 Å². The summed E-state index contributed by atoms with van der Waals surface area (Å²) in [4.78, 5) is 25.6. The standard InChI is InChI=1S/C18H25N5O2S/c1-18(2,3)19-14(24)11-22(4)15(25)12-26-17-21-20-16(23(17)5)13-9-7-6-8-10-13/h6-10H,11-12H2,1-5H3,(H,19,24). The largest absolute Gasteiger partial charge is 0.350 e. The van der Waals surface area contributed by atoms with E-state index in [0.29, 0.717) is 5.16 Å². The van der Waals surface area contributed by atoms with Crippen molar-refractivity contribution in [2.75, 3.05) is 19.3 Å². The molecule has 1 heterocycles. The van der Waals surface area contributed by atoms with Crippen molar-refractivity contribution in [3.63, 3.8) is 0 Å². The Morgan fingerprint density at radius 2 is 1.85 bits per heavy atom. The molecule has 0 saturated carbocycles. The van der Waals surface area contributed by atoms with Crippen LogP contribution < -0.4 is 5.32 Å². The van der Waals surface area contributed by atoms with Gasteiger partial charge in [-0.05, 0) is 20.8 Å². The molecule has 1 aromatic heterocycles. The lowest BCUT2D eigenvalue weighted by Gasteiger charge is -2.23. The average molecular weight is 375 g/mol. The van der Waals surface area contributed by atoms with Gasteiger partial charge in [-0.2, -0.15) is 0 Å². The molecule has 2 aromatic rings. The summed E-state index contributed by atoms with van der Waals surface area (Å²) in [6.45, 7) is 5.74. The summed E-state index contributed by atoms with van der Waals surface area (Å²) in [6.07, 6.45) is 0. The molecule has 0 unspecified atom stereocenters. The van der Waals surface area contributed by atoms with Crippen molar-refractivity contribution >= 4 is 23.6 Å². The molecule has 0 radical (unpaired) electrons. The van der Waals surface area contributed by atoms with Crippen LogP contribution in [0.4, 0.5) is 0 Å². The average Bonchev–Trinajstić information content (AvgIpc) is 2.92. The normalized spacial score (nSPS) is 11.3. The molecule has 26 heavy (non-hydrogen) atoms. The zero-order valence-electron chi connectivity index (χ0n) is 15.8. The van der Waals surface area contributed by atoms with Gasteiger partial charge in [-0.15, -0.1) is 10.2 Å². The van der Waals surface area contributed by atoms with Crippen molar-refractivity contribution in [3.8, 4) is 11.4 Å². The molecule has 0 bridgehead atoms. The van der Waals surface area contributed by atoms with Gasteiger partial charge in [-0.3, -0.25) is 9.59 Å². The van der Waals surface area contributed by atoms with E-state index in [4.69, 9.17) is 0 Å². The van der Waals surface area contributed by atoms with Crippen molar-refractivity contribution in [3.05, 3.63) is 30.3 Å². The third kappa shape index (κ3) is 5.59. The van der Waals surface area contributed by atoms with Gasteiger partial charge in [0.1, 0.15) is 0 Å². The number of carbonyl (C=O) groups is 2. The number of aromatic nitrogens is 3. The quantitative estimate of drug-likeness (QED) is 0.781. The first kappa shape index (κ1) is 20.0. The first-order valence-corrected chi connectivity index (χ1v) is 9.28. The monoisotopic (exact) mass is 375 g/mol. The first-order valence-electron chi connectivity index (χ1n) is 8.30. The number of benzene rings is 1. The molecule has 1 N–H and O–H groups in total. The number of rotatable bonds is 6. The van der Waals surface area contributed by atoms with Crippen LogP contribution in [-0.2, 0) is 16.6 Å². The third-order valence-corrected chi connectivity index (χ3v) is 4.52. The lowest BCUT2D eigenvalue weighted by atomic mass is 10.1. The van der Waals surface area contributed by atoms with E-state index >= 15 is 0 Å². The first-order chi connectivity index (χ1) is 12.2. The van der Waals surface area contributed by atoms with E-state index in [1.54, 1.807) is 7.05 Å². The number of amides is 2. The second-order valence-corrected chi connectivity index (χ2v) is 8.01. The van der Waals surface area contributed by atoms with Crippen molar-refractivity contribution < 1.29 is 9.59 Å². The predicted molar refractivity (Wildman–Crippen MR) is 103 cm³/mol. The highest BCUT2D eigenvalue weighted by Crippen LogP contribution is 2.22. The van der Waals surface area contributed by atoms with Crippen molar-refractivity contribution in [1.29, 1.82) is 0 Å². The molecule has 0 aliphatic carbocycles. The summed E-state index contributed by atoms with van der Waals surface area (Å²) in [7, 11) is 3.49. The number of thioether (sulfide) groups is 1. The molecule has 140 valence electrons. The third-order valence-electron chi connectivity index (χ3n) is 3.51. The number of nitrogens with one attached hydrogen (secondary N) is 1. The maximum atomic E-state index is 12.3. The number of likely N-dealkylation sites (N-methyl/N-ethyl adjacent to an activating group) is 1. The Bertz CT molecular complexity index is 768. The fraction of sp³-hybridized carbons (Fsp3) is 0.444. The molecular formula is C18H25N5O2S. The summed E-state index contributed by atoms with van der Waals surface area (Å²) >= 11 is 1.31. The van der Waals surface area contributed by atoms with Gasteiger partial charge in [0, 0.05) is 25.2 Å². The molecule has 2 amide bonds. The van der Waals surface area contributed by atoms with E-state index in [0.717, 1.165) is 11.4 Å². The molecule has 0 atom stereocenters. The van der Waals surface area contributed by atoms with Crippen LogP contribution >= 0.6 is 11.8 Å². The minimum absolute atomic E-state index is 0.0325. The van der Waals surface area contributed by atoms with Gasteiger partial charge in [0.2, 0.25) is 11.8 Å². The Morgan fingerprint density at radius 3 is 2.46 bits per heavy atom. The van der Waals surface area contributed by atoms with Gasteiger partial charge in [0.15, 0.2) is 11.0 Å². The van der Waals surface area contributed by atoms with Gasteiger partial charge in [0.05, 0.1) is 12.3 Å². The Hall–Kier alpha value is -2.35. The summed E-state index contributed by atoms with van der Waals surface area (Å²) in [6, 6.07) is 9.76. The van der Waals surface area contributed by atoms with Crippen LogP contribution in [0.1, 0.15) is 20.8 Å². The number of nitrogens with zero attached hydrogens (tertiary/aromatic N) is 4. The Morgan fingerprint density at radius 1 is 1.19 bits per heavy atom. The molecule has 1 aromatic carbocycles. The van der Waals surface area contributed by atoms with E-state index in [9.17, 15) is 9.59 Å². The SMILES string of the molecule is CN(CC(=O)NC(C)(C)C)C(=O)CSc1nnc(-c2ccccc2)n1C.